The van der Waals surface area contributed by atoms with E-state index < -0.39 is 0 Å². The normalized spacial score (nSPS) is 12.0. The zero-order chi connectivity index (χ0) is 82.6. The van der Waals surface area contributed by atoms with Gasteiger partial charge < -0.3 is 27.4 Å². The minimum atomic E-state index is 0.794. The molecular formula is C112H101N11. The number of rotatable bonds is 21. The summed E-state index contributed by atoms with van der Waals surface area (Å²) in [5.74, 6) is 3.41. The number of unbranched alkanes of at least 4 members (excludes halogenated alkanes) is 11. The van der Waals surface area contributed by atoms with Crippen LogP contribution in [-0.4, -0.2) is 51.5 Å². The van der Waals surface area contributed by atoms with Gasteiger partial charge in [0, 0.05) is 150 Å². The Kier molecular flexibility index (Phi) is 20.4. The predicted octanol–water partition coefficient (Wildman–Crippen LogP) is 30.0. The highest BCUT2D eigenvalue weighted by Gasteiger charge is 2.26. The molecule has 0 amide bonds. The molecule has 0 saturated carbocycles. The van der Waals surface area contributed by atoms with E-state index in [0.29, 0.717) is 0 Å². The number of aryl methyl sites for hydroxylation is 4. The van der Waals surface area contributed by atoms with E-state index in [9.17, 15) is 0 Å². The standard InChI is InChI=1S/C42H40N4.C36H32N4.C34H29N3/c1-3-5-7-8-9-10-15-28-44-37-25-24-34-33-23-22-30(46-35-19-13-11-17-31(35)32-18-12-14-20-36(32)46)29-39(33)45(27-6-4-2)42(34)40(37)41-38(44)21-16-26-43-41;1-3-4-5-10-22-39-32-20-18-27-28-23-24(40-30-14-8-6-12-25(30)26-13-7-9-15-31(26)40)17-19-29(28)38(2)36(27)34(32)35-33(39)16-11-21-37-35;1-2-3-10-22-36-30-19-17-25(24-12-6-4-7-13-24)23-29(30)27-18-20-31-32(33(27)36)28-16-11-21-35-34(28)37(31)26-14-8-5-9-15-26/h11-14,16-26,29H,3-5,7-10,15,28H2,1-2H3;6-9,11-21,23H,3-5,10,22H2,1-2H3;4-9,11-21,23H,2-3,10,22H2,1H3. The Labute approximate surface area is 716 Å². The minimum absolute atomic E-state index is 0.794. The van der Waals surface area contributed by atoms with Gasteiger partial charge in [-0.05, 0) is 164 Å². The molecule has 23 rings (SSSR count). The lowest BCUT2D eigenvalue weighted by Gasteiger charge is -2.09. The van der Waals surface area contributed by atoms with Gasteiger partial charge in [0.15, 0.2) is 0 Å². The number of aromatic nitrogens is 11. The van der Waals surface area contributed by atoms with Crippen molar-refractivity contribution in [3.8, 4) is 40.2 Å². The molecule has 0 aliphatic heterocycles. The molecule has 0 spiro atoms. The number of fused-ring (bicyclic) bond motifs is 27. The molecule has 123 heavy (non-hydrogen) atoms. The van der Waals surface area contributed by atoms with Crippen molar-refractivity contribution in [1.29, 1.82) is 0 Å². The molecule has 0 N–H and O–H groups in total. The number of pyridine rings is 3. The quantitative estimate of drug-likeness (QED) is 0.0531. The maximum absolute atomic E-state index is 4.99. The SMILES string of the molecule is CCC#Cn1c2cc(-n3c4ccccc4c4ccccc43)ccc2c2ccc3c(c4ncccc4n3CCCCCCCCC)c21.CCCCCCn1c2cccnc2c2c3c(ccc21)c1cc(-n2c4ccccc4c4ccccc42)ccc1n3C.CCCCCn1c2ccc(-c3ccccc3)cc2c2ccc3c(c4cccnc4n3-c3ccccc3)c21. The molecule has 0 bridgehead atoms. The summed E-state index contributed by atoms with van der Waals surface area (Å²) in [6.07, 6.45) is 24.3. The summed E-state index contributed by atoms with van der Waals surface area (Å²) in [5, 5.41) is 17.7. The fourth-order valence-corrected chi connectivity index (χ4v) is 20.5. The maximum Gasteiger partial charge on any atom is 0.145 e. The molecular weight excluding hydrogens is 1500 g/mol. The summed E-state index contributed by atoms with van der Waals surface area (Å²) in [5.41, 5.74) is 27.7. The Morgan fingerprint density at radius 2 is 0.691 bits per heavy atom. The zero-order valence-corrected chi connectivity index (χ0v) is 71.0. The highest BCUT2D eigenvalue weighted by Crippen LogP contribution is 2.46. The molecule has 12 aromatic carbocycles. The van der Waals surface area contributed by atoms with Crippen molar-refractivity contribution in [2.24, 2.45) is 7.05 Å². The Balaban J connectivity index is 0.000000114. The molecule has 0 unspecified atom stereocenters. The van der Waals surface area contributed by atoms with Crippen LogP contribution in [0.15, 0.2) is 304 Å². The molecule has 11 nitrogen and oxygen atoms in total. The number of benzene rings is 12. The van der Waals surface area contributed by atoms with Crippen molar-refractivity contribution in [1.82, 2.24) is 51.5 Å². The smallest absolute Gasteiger partial charge is 0.145 e. The second-order valence-electron chi connectivity index (χ2n) is 33.5. The van der Waals surface area contributed by atoms with Gasteiger partial charge in [-0.2, -0.15) is 0 Å². The minimum Gasteiger partial charge on any atom is -0.343 e. The van der Waals surface area contributed by atoms with Crippen LogP contribution < -0.4 is 0 Å². The van der Waals surface area contributed by atoms with Gasteiger partial charge in [-0.25, -0.2) is 4.98 Å². The van der Waals surface area contributed by atoms with E-state index >= 15 is 0 Å². The van der Waals surface area contributed by atoms with Gasteiger partial charge in [0.1, 0.15) is 5.65 Å². The van der Waals surface area contributed by atoms with E-state index in [-0.39, 0.29) is 0 Å². The maximum atomic E-state index is 4.99. The van der Waals surface area contributed by atoms with Crippen molar-refractivity contribution in [2.75, 3.05) is 0 Å². The molecule has 11 aromatic heterocycles. The van der Waals surface area contributed by atoms with Crippen LogP contribution in [-0.2, 0) is 26.7 Å². The highest BCUT2D eigenvalue weighted by molar-refractivity contribution is 6.28. The fourth-order valence-electron chi connectivity index (χ4n) is 20.5. The summed E-state index contributed by atoms with van der Waals surface area (Å²) in [6, 6.07) is 107. The summed E-state index contributed by atoms with van der Waals surface area (Å²) in [6.45, 7) is 12.0. The lowest BCUT2D eigenvalue weighted by Crippen LogP contribution is -1.98. The van der Waals surface area contributed by atoms with Crippen molar-refractivity contribution < 1.29 is 0 Å². The van der Waals surface area contributed by atoms with Crippen molar-refractivity contribution in [2.45, 2.75) is 144 Å². The van der Waals surface area contributed by atoms with Crippen molar-refractivity contribution in [3.05, 3.63) is 304 Å². The third-order valence-electron chi connectivity index (χ3n) is 26.1. The highest BCUT2D eigenvalue weighted by atomic mass is 15.1. The first-order valence-corrected chi connectivity index (χ1v) is 44.9. The molecule has 11 heteroatoms. The Morgan fingerprint density at radius 1 is 0.260 bits per heavy atom. The Hall–Kier alpha value is -14.0. The number of nitrogens with zero attached hydrogens (tertiary/aromatic N) is 11. The first kappa shape index (κ1) is 76.4. The van der Waals surface area contributed by atoms with Crippen LogP contribution in [0.25, 0.3) is 203 Å². The second-order valence-corrected chi connectivity index (χ2v) is 33.5. The first-order chi connectivity index (χ1) is 60.9. The van der Waals surface area contributed by atoms with Crippen LogP contribution in [0.3, 0.4) is 0 Å². The molecule has 0 fully saturated rings. The van der Waals surface area contributed by atoms with Gasteiger partial charge in [0.25, 0.3) is 0 Å². The van der Waals surface area contributed by atoms with E-state index in [1.54, 1.807) is 0 Å². The molecule has 0 radical (unpaired) electrons. The third-order valence-corrected chi connectivity index (χ3v) is 26.1. The average molecular weight is 1600 g/mol. The number of hydrogen-bond acceptors (Lipinski definition) is 3. The van der Waals surface area contributed by atoms with Gasteiger partial charge in [0.2, 0.25) is 0 Å². The summed E-state index contributed by atoms with van der Waals surface area (Å²) < 4.78 is 19.3. The first-order valence-electron chi connectivity index (χ1n) is 44.9. The van der Waals surface area contributed by atoms with Crippen LogP contribution in [0.2, 0.25) is 0 Å². The molecule has 0 aliphatic carbocycles. The molecule has 11 heterocycles. The molecule has 0 atom stereocenters. The largest absolute Gasteiger partial charge is 0.343 e. The topological polar surface area (TPSA) is 78.1 Å². The Morgan fingerprint density at radius 3 is 1.30 bits per heavy atom. The van der Waals surface area contributed by atoms with Crippen molar-refractivity contribution >= 4 is 175 Å². The lowest BCUT2D eigenvalue weighted by atomic mass is 10.0. The Bertz CT molecular complexity index is 7930. The molecule has 0 aliphatic rings. The molecule has 23 aromatic rings. The van der Waals surface area contributed by atoms with E-state index in [0.717, 1.165) is 65.1 Å². The van der Waals surface area contributed by atoms with Crippen LogP contribution in [0.4, 0.5) is 0 Å². The average Bonchev–Trinajstić information content (AvgIpc) is 1.49. The monoisotopic (exact) mass is 1600 g/mol. The van der Waals surface area contributed by atoms with Crippen LogP contribution in [0.1, 0.15) is 124 Å². The summed E-state index contributed by atoms with van der Waals surface area (Å²) in [4.78, 5) is 14.8. The molecule has 0 saturated heterocycles. The van der Waals surface area contributed by atoms with Crippen LogP contribution in [0.5, 0.6) is 0 Å². The van der Waals surface area contributed by atoms with Gasteiger partial charge in [-0.3, -0.25) is 19.1 Å². The van der Waals surface area contributed by atoms with E-state index in [1.165, 1.54) is 254 Å². The number of hydrogen-bond donors (Lipinski definition) is 0. The summed E-state index contributed by atoms with van der Waals surface area (Å²) >= 11 is 0. The van der Waals surface area contributed by atoms with Gasteiger partial charge >= 0.3 is 0 Å². The lowest BCUT2D eigenvalue weighted by molar-refractivity contribution is 0.561. The van der Waals surface area contributed by atoms with Gasteiger partial charge in [-0.1, -0.05) is 256 Å². The van der Waals surface area contributed by atoms with Crippen LogP contribution >= 0.6 is 0 Å². The van der Waals surface area contributed by atoms with Crippen LogP contribution in [0, 0.1) is 12.0 Å². The predicted molar refractivity (Wildman–Crippen MR) is 522 cm³/mol. The number of para-hydroxylation sites is 5. The third kappa shape index (κ3) is 13.1. The van der Waals surface area contributed by atoms with E-state index in [2.05, 4.69) is 368 Å². The fraction of sp³-hybridized carbons (Fsp3) is 0.205. The summed E-state index contributed by atoms with van der Waals surface area (Å²) in [7, 11) is 2.21. The van der Waals surface area contributed by atoms with Gasteiger partial charge in [-0.15, -0.1) is 0 Å². The second kappa shape index (κ2) is 32.9. The molecule has 604 valence electrons. The van der Waals surface area contributed by atoms with E-state index in [1.807, 2.05) is 18.6 Å². The van der Waals surface area contributed by atoms with Crippen molar-refractivity contribution in [3.63, 3.8) is 0 Å². The zero-order valence-electron chi connectivity index (χ0n) is 71.0. The van der Waals surface area contributed by atoms with E-state index in [4.69, 9.17) is 15.0 Å². The van der Waals surface area contributed by atoms with Gasteiger partial charge in [0.05, 0.1) is 93.5 Å².